The Morgan fingerprint density at radius 1 is 0.871 bits per heavy atom. The molecule has 7 heteroatoms. The number of anilines is 2. The van der Waals surface area contributed by atoms with Crippen LogP contribution in [-0.2, 0) is 14.4 Å². The van der Waals surface area contributed by atoms with Gasteiger partial charge in [0.2, 0.25) is 17.7 Å². The molecule has 4 aliphatic rings. The predicted octanol–water partition coefficient (Wildman–Crippen LogP) is 2.99. The molecule has 1 aromatic rings. The van der Waals surface area contributed by atoms with Crippen molar-refractivity contribution in [1.82, 2.24) is 10.2 Å². The van der Waals surface area contributed by atoms with Crippen molar-refractivity contribution >= 4 is 29.1 Å². The summed E-state index contributed by atoms with van der Waals surface area (Å²) >= 11 is 0. The SMILES string of the molecule is CCN(CC(=O)Nc1ccc(NC(C)=O)cc1)CC(=O)NC12CC3CC(CC(C3)C1)C2. The van der Waals surface area contributed by atoms with E-state index in [4.69, 9.17) is 0 Å². The Labute approximate surface area is 184 Å². The summed E-state index contributed by atoms with van der Waals surface area (Å²) in [5, 5.41) is 8.95. The molecule has 0 saturated heterocycles. The van der Waals surface area contributed by atoms with Crippen molar-refractivity contribution in [2.24, 2.45) is 17.8 Å². The van der Waals surface area contributed by atoms with Crippen molar-refractivity contribution in [3.8, 4) is 0 Å². The second-order valence-corrected chi connectivity index (χ2v) is 9.86. The molecular weight excluding hydrogens is 392 g/mol. The number of nitrogens with one attached hydrogen (secondary N) is 3. The monoisotopic (exact) mass is 426 g/mol. The highest BCUT2D eigenvalue weighted by atomic mass is 16.2. The number of rotatable bonds is 8. The standard InChI is InChI=1S/C24H34N4O3/c1-3-28(14-22(30)26-21-6-4-20(5-7-21)25-16(2)29)15-23(31)27-24-11-17-8-18(12-24)10-19(9-17)13-24/h4-7,17-19H,3,8-15H2,1-2H3,(H,25,29)(H,26,30)(H,27,31). The molecule has 0 unspecified atom stereocenters. The lowest BCUT2D eigenvalue weighted by Crippen LogP contribution is -2.61. The minimum atomic E-state index is -0.156. The van der Waals surface area contributed by atoms with Crippen LogP contribution in [0.25, 0.3) is 0 Å². The molecule has 4 aliphatic carbocycles. The molecule has 0 atom stereocenters. The van der Waals surface area contributed by atoms with Crippen LogP contribution in [0.4, 0.5) is 11.4 Å². The van der Waals surface area contributed by atoms with Gasteiger partial charge in [-0.05, 0) is 87.1 Å². The molecular formula is C24H34N4O3. The predicted molar refractivity (Wildman–Crippen MR) is 121 cm³/mol. The molecule has 3 N–H and O–H groups in total. The first-order chi connectivity index (χ1) is 14.8. The second kappa shape index (κ2) is 8.99. The van der Waals surface area contributed by atoms with Gasteiger partial charge >= 0.3 is 0 Å². The maximum Gasteiger partial charge on any atom is 0.238 e. The minimum Gasteiger partial charge on any atom is -0.350 e. The fourth-order valence-corrected chi connectivity index (χ4v) is 6.33. The normalized spacial score (nSPS) is 28.4. The molecule has 1 aromatic carbocycles. The van der Waals surface area contributed by atoms with E-state index in [1.54, 1.807) is 24.3 Å². The number of benzene rings is 1. The van der Waals surface area contributed by atoms with Gasteiger partial charge in [-0.3, -0.25) is 19.3 Å². The van der Waals surface area contributed by atoms with Crippen molar-refractivity contribution in [1.29, 1.82) is 0 Å². The highest BCUT2D eigenvalue weighted by Gasteiger charge is 2.51. The summed E-state index contributed by atoms with van der Waals surface area (Å²) in [6.07, 6.45) is 7.44. The van der Waals surface area contributed by atoms with Crippen molar-refractivity contribution in [2.75, 3.05) is 30.3 Å². The zero-order valence-electron chi connectivity index (χ0n) is 18.6. The van der Waals surface area contributed by atoms with Gasteiger partial charge in [0.15, 0.2) is 0 Å². The number of likely N-dealkylation sites (N-methyl/N-ethyl adjacent to an activating group) is 1. The Morgan fingerprint density at radius 2 is 1.35 bits per heavy atom. The fraction of sp³-hybridized carbons (Fsp3) is 0.625. The molecule has 4 bridgehead atoms. The average Bonchev–Trinajstić information content (AvgIpc) is 2.67. The topological polar surface area (TPSA) is 90.5 Å². The maximum atomic E-state index is 12.8. The Morgan fingerprint density at radius 3 is 1.84 bits per heavy atom. The van der Waals surface area contributed by atoms with Gasteiger partial charge in [0.05, 0.1) is 13.1 Å². The number of carbonyl (C=O) groups is 3. The average molecular weight is 427 g/mol. The van der Waals surface area contributed by atoms with Crippen LogP contribution in [0.2, 0.25) is 0 Å². The fourth-order valence-electron chi connectivity index (χ4n) is 6.33. The lowest BCUT2D eigenvalue weighted by molar-refractivity contribution is -0.128. The lowest BCUT2D eigenvalue weighted by Gasteiger charge is -2.57. The van der Waals surface area contributed by atoms with E-state index in [1.165, 1.54) is 26.2 Å². The lowest BCUT2D eigenvalue weighted by atomic mass is 9.53. The third kappa shape index (κ3) is 5.45. The van der Waals surface area contributed by atoms with Gasteiger partial charge in [0.1, 0.15) is 0 Å². The van der Waals surface area contributed by atoms with E-state index < -0.39 is 0 Å². The van der Waals surface area contributed by atoms with Crippen LogP contribution in [0.15, 0.2) is 24.3 Å². The van der Waals surface area contributed by atoms with Crippen LogP contribution < -0.4 is 16.0 Å². The summed E-state index contributed by atoms with van der Waals surface area (Å²) in [7, 11) is 0. The molecule has 7 nitrogen and oxygen atoms in total. The van der Waals surface area contributed by atoms with Gasteiger partial charge in [-0.25, -0.2) is 0 Å². The zero-order valence-corrected chi connectivity index (χ0v) is 18.6. The zero-order chi connectivity index (χ0) is 22.0. The summed E-state index contributed by atoms with van der Waals surface area (Å²) in [6.45, 7) is 4.45. The molecule has 3 amide bonds. The van der Waals surface area contributed by atoms with E-state index in [1.807, 2.05) is 11.8 Å². The van der Waals surface area contributed by atoms with Gasteiger partial charge in [-0.1, -0.05) is 6.92 Å². The summed E-state index contributed by atoms with van der Waals surface area (Å²) in [5.41, 5.74) is 1.35. The van der Waals surface area contributed by atoms with Gasteiger partial charge in [0.25, 0.3) is 0 Å². The van der Waals surface area contributed by atoms with Crippen LogP contribution in [-0.4, -0.2) is 47.8 Å². The van der Waals surface area contributed by atoms with Gasteiger partial charge in [0, 0.05) is 23.8 Å². The molecule has 5 rings (SSSR count). The van der Waals surface area contributed by atoms with Crippen molar-refractivity contribution < 1.29 is 14.4 Å². The number of hydrogen-bond donors (Lipinski definition) is 3. The van der Waals surface area contributed by atoms with Gasteiger partial charge in [-0.15, -0.1) is 0 Å². The molecule has 0 radical (unpaired) electrons. The molecule has 0 aliphatic heterocycles. The third-order valence-electron chi connectivity index (χ3n) is 7.11. The van der Waals surface area contributed by atoms with Crippen molar-refractivity contribution in [3.05, 3.63) is 24.3 Å². The first kappa shape index (κ1) is 21.8. The van der Waals surface area contributed by atoms with E-state index in [-0.39, 0.29) is 36.3 Å². The van der Waals surface area contributed by atoms with Crippen LogP contribution in [0.5, 0.6) is 0 Å². The Kier molecular flexibility index (Phi) is 6.32. The summed E-state index contributed by atoms with van der Waals surface area (Å²) in [4.78, 5) is 38.3. The number of carbonyl (C=O) groups excluding carboxylic acids is 3. The smallest absolute Gasteiger partial charge is 0.238 e. The molecule has 0 heterocycles. The molecule has 31 heavy (non-hydrogen) atoms. The van der Waals surface area contributed by atoms with E-state index in [2.05, 4.69) is 16.0 Å². The van der Waals surface area contributed by atoms with Gasteiger partial charge in [-0.2, -0.15) is 0 Å². The third-order valence-corrected chi connectivity index (χ3v) is 7.11. The van der Waals surface area contributed by atoms with E-state index in [9.17, 15) is 14.4 Å². The maximum absolute atomic E-state index is 12.8. The van der Waals surface area contributed by atoms with E-state index >= 15 is 0 Å². The van der Waals surface area contributed by atoms with Gasteiger partial charge < -0.3 is 16.0 Å². The molecule has 168 valence electrons. The van der Waals surface area contributed by atoms with E-state index in [0.717, 1.165) is 37.0 Å². The molecule has 0 aromatic heterocycles. The number of amides is 3. The van der Waals surface area contributed by atoms with Crippen LogP contribution in [0.1, 0.15) is 52.4 Å². The van der Waals surface area contributed by atoms with Crippen LogP contribution >= 0.6 is 0 Å². The second-order valence-electron chi connectivity index (χ2n) is 9.86. The van der Waals surface area contributed by atoms with Crippen LogP contribution in [0.3, 0.4) is 0 Å². The molecule has 4 saturated carbocycles. The quantitative estimate of drug-likeness (QED) is 0.596. The van der Waals surface area contributed by atoms with Crippen LogP contribution in [0, 0.1) is 17.8 Å². The van der Waals surface area contributed by atoms with Crippen molar-refractivity contribution in [3.63, 3.8) is 0 Å². The summed E-state index contributed by atoms with van der Waals surface area (Å²) in [6, 6.07) is 6.99. The highest BCUT2D eigenvalue weighted by Crippen LogP contribution is 2.55. The Hall–Kier alpha value is -2.41. The molecule has 4 fully saturated rings. The minimum absolute atomic E-state index is 0.00313. The van der Waals surface area contributed by atoms with E-state index in [0.29, 0.717) is 17.9 Å². The first-order valence-corrected chi connectivity index (χ1v) is 11.5. The highest BCUT2D eigenvalue weighted by molar-refractivity contribution is 5.93. The first-order valence-electron chi connectivity index (χ1n) is 11.5. The summed E-state index contributed by atoms with van der Waals surface area (Å²) in [5.74, 6) is 2.11. The Balaban J connectivity index is 1.26. The Bertz CT molecular complexity index is 800. The molecule has 0 spiro atoms. The number of nitrogens with zero attached hydrogens (tertiary/aromatic N) is 1. The largest absolute Gasteiger partial charge is 0.350 e. The van der Waals surface area contributed by atoms with Crippen molar-refractivity contribution in [2.45, 2.75) is 57.9 Å². The number of hydrogen-bond acceptors (Lipinski definition) is 4. The summed E-state index contributed by atoms with van der Waals surface area (Å²) < 4.78 is 0.